The van der Waals surface area contributed by atoms with Crippen LogP contribution in [0.3, 0.4) is 0 Å². The highest BCUT2D eigenvalue weighted by atomic mass is 32.2. The molecule has 2 heterocycles. The Hall–Kier alpha value is -2.52. The van der Waals surface area contributed by atoms with Crippen molar-refractivity contribution in [1.82, 2.24) is 4.90 Å². The normalized spacial score (nSPS) is 19.3. The van der Waals surface area contributed by atoms with Crippen molar-refractivity contribution in [1.29, 1.82) is 0 Å². The van der Waals surface area contributed by atoms with E-state index < -0.39 is 23.7 Å². The van der Waals surface area contributed by atoms with E-state index in [-0.39, 0.29) is 34.2 Å². The number of amides is 3. The third-order valence-corrected chi connectivity index (χ3v) is 5.44. The van der Waals surface area contributed by atoms with Crippen molar-refractivity contribution in [2.24, 2.45) is 0 Å². The number of carbonyl (C=O) groups is 4. The number of aliphatic carboxylic acids is 1. The van der Waals surface area contributed by atoms with E-state index in [2.05, 4.69) is 0 Å². The molecule has 0 atom stereocenters. The molecular formula is C17H14N2O5S2. The fourth-order valence-electron chi connectivity index (χ4n) is 2.88. The van der Waals surface area contributed by atoms with Crippen LogP contribution in [0.25, 0.3) is 5.57 Å². The van der Waals surface area contributed by atoms with Gasteiger partial charge in [0.25, 0.3) is 11.8 Å². The van der Waals surface area contributed by atoms with Gasteiger partial charge in [-0.2, -0.15) is 0 Å². The maximum Gasteiger partial charge on any atom is 0.303 e. The number of carboxylic acid groups (broad SMARTS) is 1. The van der Waals surface area contributed by atoms with Gasteiger partial charge in [0, 0.05) is 25.5 Å². The molecule has 0 spiro atoms. The summed E-state index contributed by atoms with van der Waals surface area (Å²) in [6.07, 6.45) is 0.178. The van der Waals surface area contributed by atoms with Gasteiger partial charge in [0.1, 0.15) is 4.32 Å². The number of thiocarbonyl (C=S) groups is 1. The first-order chi connectivity index (χ1) is 12.3. The molecule has 1 N–H and O–H groups in total. The number of imide groups is 1. The Balaban J connectivity index is 1.99. The maximum absolute atomic E-state index is 12.8. The minimum absolute atomic E-state index is 0.0805. The second-order valence-electron chi connectivity index (χ2n) is 5.70. The van der Waals surface area contributed by atoms with Gasteiger partial charge in [-0.3, -0.25) is 24.1 Å². The number of benzene rings is 1. The monoisotopic (exact) mass is 390 g/mol. The molecule has 2 aliphatic heterocycles. The van der Waals surface area contributed by atoms with Gasteiger partial charge in [-0.1, -0.05) is 42.2 Å². The van der Waals surface area contributed by atoms with E-state index in [1.165, 1.54) is 11.8 Å². The van der Waals surface area contributed by atoms with Crippen molar-refractivity contribution in [2.75, 3.05) is 11.4 Å². The lowest BCUT2D eigenvalue weighted by Gasteiger charge is -2.13. The summed E-state index contributed by atoms with van der Waals surface area (Å²) >= 11 is 6.22. The number of anilines is 1. The summed E-state index contributed by atoms with van der Waals surface area (Å²) in [5.74, 6) is -2.38. The van der Waals surface area contributed by atoms with Gasteiger partial charge in [-0.15, -0.1) is 0 Å². The van der Waals surface area contributed by atoms with Crippen molar-refractivity contribution in [2.45, 2.75) is 19.8 Å². The van der Waals surface area contributed by atoms with Gasteiger partial charge < -0.3 is 5.11 Å². The van der Waals surface area contributed by atoms with Crippen molar-refractivity contribution in [3.63, 3.8) is 0 Å². The molecule has 134 valence electrons. The van der Waals surface area contributed by atoms with E-state index in [4.69, 9.17) is 17.3 Å². The van der Waals surface area contributed by atoms with Gasteiger partial charge in [0.15, 0.2) is 0 Å². The molecular weight excluding hydrogens is 376 g/mol. The zero-order valence-electron chi connectivity index (χ0n) is 13.7. The second kappa shape index (κ2) is 7.00. The predicted molar refractivity (Wildman–Crippen MR) is 100 cm³/mol. The molecule has 26 heavy (non-hydrogen) atoms. The smallest absolute Gasteiger partial charge is 0.303 e. The molecule has 3 rings (SSSR count). The summed E-state index contributed by atoms with van der Waals surface area (Å²) in [6, 6.07) is 6.77. The van der Waals surface area contributed by atoms with E-state index in [9.17, 15) is 19.2 Å². The zero-order chi connectivity index (χ0) is 19.0. The lowest BCUT2D eigenvalue weighted by atomic mass is 10.1. The number of hydrogen-bond acceptors (Lipinski definition) is 6. The van der Waals surface area contributed by atoms with Crippen LogP contribution in [0.5, 0.6) is 0 Å². The van der Waals surface area contributed by atoms with Crippen LogP contribution in [0.15, 0.2) is 29.2 Å². The van der Waals surface area contributed by atoms with Crippen LogP contribution in [-0.4, -0.2) is 44.6 Å². The topological polar surface area (TPSA) is 95.0 Å². The Labute approximate surface area is 158 Å². The fourth-order valence-corrected chi connectivity index (χ4v) is 4.26. The first-order valence-corrected chi connectivity index (χ1v) is 8.99. The van der Waals surface area contributed by atoms with Crippen molar-refractivity contribution >= 4 is 63.3 Å². The van der Waals surface area contributed by atoms with E-state index in [1.807, 2.05) is 0 Å². The molecule has 0 aromatic heterocycles. The molecule has 7 nitrogen and oxygen atoms in total. The van der Waals surface area contributed by atoms with Gasteiger partial charge >= 0.3 is 5.97 Å². The van der Waals surface area contributed by atoms with Crippen LogP contribution in [0, 0.1) is 0 Å². The summed E-state index contributed by atoms with van der Waals surface area (Å²) in [7, 11) is 0. The molecule has 0 saturated carbocycles. The standard InChI is InChI=1S/C17H14N2O5S2/c1-9(20)19-11-6-3-2-5-10(11)13(15(19)23)14-16(24)18(17(25)26-14)8-4-7-12(21)22/h2-3,5-6H,4,7-8H2,1H3,(H,21,22)/b14-13+. The Bertz CT molecular complexity index is 893. The Morgan fingerprint density at radius 1 is 1.19 bits per heavy atom. The van der Waals surface area contributed by atoms with Gasteiger partial charge in [-0.05, 0) is 12.5 Å². The van der Waals surface area contributed by atoms with Crippen LogP contribution >= 0.6 is 24.0 Å². The van der Waals surface area contributed by atoms with Crippen molar-refractivity contribution < 1.29 is 24.3 Å². The lowest BCUT2D eigenvalue weighted by Crippen LogP contribution is -2.32. The molecule has 9 heteroatoms. The first kappa shape index (κ1) is 18.3. The van der Waals surface area contributed by atoms with Crippen LogP contribution < -0.4 is 4.90 Å². The number of fused-ring (bicyclic) bond motifs is 1. The number of carbonyl (C=O) groups excluding carboxylic acids is 3. The van der Waals surface area contributed by atoms with Crippen LogP contribution in [0.4, 0.5) is 5.69 Å². The summed E-state index contributed by atoms with van der Waals surface area (Å²) in [5, 5.41) is 8.74. The quantitative estimate of drug-likeness (QED) is 0.621. The molecule has 1 saturated heterocycles. The van der Waals surface area contributed by atoms with Crippen LogP contribution in [-0.2, 0) is 19.2 Å². The van der Waals surface area contributed by atoms with Gasteiger partial charge in [0.05, 0.1) is 16.2 Å². The van der Waals surface area contributed by atoms with E-state index in [1.54, 1.807) is 24.3 Å². The molecule has 0 bridgehead atoms. The summed E-state index contributed by atoms with van der Waals surface area (Å²) in [6.45, 7) is 1.45. The first-order valence-electron chi connectivity index (χ1n) is 7.77. The molecule has 0 aliphatic carbocycles. The number of hydrogen-bond donors (Lipinski definition) is 1. The highest BCUT2D eigenvalue weighted by Gasteiger charge is 2.42. The summed E-state index contributed by atoms with van der Waals surface area (Å²) in [5.41, 5.74) is 1.11. The van der Waals surface area contributed by atoms with Crippen molar-refractivity contribution in [3.05, 3.63) is 34.7 Å². The predicted octanol–water partition coefficient (Wildman–Crippen LogP) is 2.02. The van der Waals surface area contributed by atoms with E-state index >= 15 is 0 Å². The summed E-state index contributed by atoms with van der Waals surface area (Å²) in [4.78, 5) is 50.6. The maximum atomic E-state index is 12.8. The highest BCUT2D eigenvalue weighted by Crippen LogP contribution is 2.44. The van der Waals surface area contributed by atoms with Crippen LogP contribution in [0.2, 0.25) is 0 Å². The van der Waals surface area contributed by atoms with Gasteiger partial charge in [0.2, 0.25) is 5.91 Å². The molecule has 0 unspecified atom stereocenters. The summed E-state index contributed by atoms with van der Waals surface area (Å²) < 4.78 is 0.273. The lowest BCUT2D eigenvalue weighted by molar-refractivity contribution is -0.137. The molecule has 2 aliphatic rings. The number of rotatable bonds is 4. The second-order valence-corrected chi connectivity index (χ2v) is 7.35. The molecule has 1 fully saturated rings. The SMILES string of the molecule is CC(=O)N1C(=O)/C(=C2/SC(=S)N(CCCC(=O)O)C2=O)c2ccccc21. The molecule has 1 aromatic rings. The minimum Gasteiger partial charge on any atom is -0.481 e. The average Bonchev–Trinajstić information content (AvgIpc) is 3.01. The third kappa shape index (κ3) is 3.04. The number of thioether (sulfide) groups is 1. The molecule has 1 aromatic carbocycles. The minimum atomic E-state index is -0.953. The zero-order valence-corrected chi connectivity index (χ0v) is 15.4. The Morgan fingerprint density at radius 3 is 2.54 bits per heavy atom. The average molecular weight is 390 g/mol. The number of carboxylic acids is 1. The van der Waals surface area contributed by atoms with E-state index in [0.29, 0.717) is 11.3 Å². The van der Waals surface area contributed by atoms with E-state index in [0.717, 1.165) is 16.7 Å². The Morgan fingerprint density at radius 2 is 1.88 bits per heavy atom. The van der Waals surface area contributed by atoms with Crippen molar-refractivity contribution in [3.8, 4) is 0 Å². The molecule has 3 amide bonds. The number of para-hydroxylation sites is 1. The third-order valence-electron chi connectivity index (χ3n) is 3.99. The van der Waals surface area contributed by atoms with Gasteiger partial charge in [-0.25, -0.2) is 4.90 Å². The van der Waals surface area contributed by atoms with Crippen LogP contribution in [0.1, 0.15) is 25.3 Å². The Kier molecular flexibility index (Phi) is 4.92. The fraction of sp³-hybridized carbons (Fsp3) is 0.235. The highest BCUT2D eigenvalue weighted by molar-refractivity contribution is 8.26. The largest absolute Gasteiger partial charge is 0.481 e. The molecule has 0 radical (unpaired) electrons. The number of nitrogens with zero attached hydrogens (tertiary/aromatic N) is 2.